The van der Waals surface area contributed by atoms with E-state index in [1.165, 1.54) is 7.05 Å². The van der Waals surface area contributed by atoms with Crippen molar-refractivity contribution in [1.82, 2.24) is 14.8 Å². The number of Topliss-reactive ketones (excluding diaryl/α,β-unsaturated/α-hetero) is 1. The molecule has 0 unspecified atom stereocenters. The molecule has 3 rings (SSSR count). The fraction of sp³-hybridized carbons (Fsp3) is 0.227. The molecule has 0 spiro atoms. The van der Waals surface area contributed by atoms with E-state index < -0.39 is 5.91 Å². The van der Waals surface area contributed by atoms with Gasteiger partial charge in [0.05, 0.1) is 18.5 Å². The van der Waals surface area contributed by atoms with Crippen molar-refractivity contribution in [2.45, 2.75) is 19.8 Å². The fourth-order valence-corrected chi connectivity index (χ4v) is 2.88. The Labute approximate surface area is 169 Å². The van der Waals surface area contributed by atoms with Gasteiger partial charge < -0.3 is 4.74 Å². The van der Waals surface area contributed by atoms with Crippen molar-refractivity contribution in [2.75, 3.05) is 14.2 Å². The molecule has 29 heavy (non-hydrogen) atoms. The first-order valence-electron chi connectivity index (χ1n) is 9.19. The van der Waals surface area contributed by atoms with Crippen molar-refractivity contribution in [3.63, 3.8) is 0 Å². The molecule has 3 aromatic rings. The molecule has 7 heteroatoms. The lowest BCUT2D eigenvalue weighted by atomic mass is 10.1. The van der Waals surface area contributed by atoms with Crippen molar-refractivity contribution < 1.29 is 19.5 Å². The maximum Gasteiger partial charge on any atom is 0.246 e. The molecule has 0 radical (unpaired) electrons. The van der Waals surface area contributed by atoms with Gasteiger partial charge in [0.15, 0.2) is 5.78 Å². The van der Waals surface area contributed by atoms with Gasteiger partial charge in [-0.25, -0.2) is 9.75 Å². The van der Waals surface area contributed by atoms with Crippen molar-refractivity contribution >= 4 is 11.7 Å². The van der Waals surface area contributed by atoms with E-state index in [0.717, 1.165) is 28.3 Å². The van der Waals surface area contributed by atoms with Crippen molar-refractivity contribution in [1.29, 1.82) is 0 Å². The van der Waals surface area contributed by atoms with Gasteiger partial charge >= 0.3 is 0 Å². The second-order valence-electron chi connectivity index (χ2n) is 6.73. The average molecular weight is 393 g/mol. The second kappa shape index (κ2) is 8.70. The number of nitrogens with zero attached hydrogens (tertiary/aromatic N) is 3. The standard InChI is InChI=1S/C22H23N3O4/c1-15-4-6-16(7-5-15)20-14-19(21(26)12-13-22(27)24(2)28)23-25(20)17-8-10-18(29-3)11-9-17/h4-11,14,28H,12-13H2,1-3H3. The van der Waals surface area contributed by atoms with Crippen LogP contribution < -0.4 is 4.74 Å². The number of aromatic nitrogens is 2. The Hall–Kier alpha value is -3.45. The summed E-state index contributed by atoms with van der Waals surface area (Å²) >= 11 is 0. The van der Waals surface area contributed by atoms with Crippen LogP contribution in [-0.4, -0.2) is 45.9 Å². The first-order valence-corrected chi connectivity index (χ1v) is 9.19. The number of ether oxygens (including phenoxy) is 1. The Balaban J connectivity index is 1.97. The zero-order chi connectivity index (χ0) is 21.0. The number of amides is 1. The molecule has 1 aromatic heterocycles. The molecule has 7 nitrogen and oxygen atoms in total. The SMILES string of the molecule is COc1ccc(-n2nc(C(=O)CCC(=O)N(C)O)cc2-c2ccc(C)cc2)cc1. The monoisotopic (exact) mass is 393 g/mol. The highest BCUT2D eigenvalue weighted by molar-refractivity contribution is 5.97. The molecule has 0 aliphatic carbocycles. The highest BCUT2D eigenvalue weighted by atomic mass is 16.5. The van der Waals surface area contributed by atoms with Gasteiger partial charge in [0.1, 0.15) is 11.4 Å². The minimum Gasteiger partial charge on any atom is -0.497 e. The second-order valence-corrected chi connectivity index (χ2v) is 6.73. The lowest BCUT2D eigenvalue weighted by molar-refractivity contribution is -0.159. The van der Waals surface area contributed by atoms with Crippen LogP contribution in [0.15, 0.2) is 54.6 Å². The molecule has 0 atom stereocenters. The van der Waals surface area contributed by atoms with Gasteiger partial charge in [-0.3, -0.25) is 14.8 Å². The van der Waals surface area contributed by atoms with E-state index in [0.29, 0.717) is 5.06 Å². The molecular weight excluding hydrogens is 370 g/mol. The topological polar surface area (TPSA) is 84.7 Å². The van der Waals surface area contributed by atoms with Crippen LogP contribution in [0.1, 0.15) is 28.9 Å². The van der Waals surface area contributed by atoms with Crippen LogP contribution in [0.3, 0.4) is 0 Å². The summed E-state index contributed by atoms with van der Waals surface area (Å²) in [5.41, 5.74) is 3.87. The first-order chi connectivity index (χ1) is 13.9. The number of carbonyl (C=O) groups excluding carboxylic acids is 2. The van der Waals surface area contributed by atoms with E-state index in [2.05, 4.69) is 5.10 Å². The smallest absolute Gasteiger partial charge is 0.246 e. The summed E-state index contributed by atoms with van der Waals surface area (Å²) in [6.07, 6.45) is -0.113. The average Bonchev–Trinajstić information content (AvgIpc) is 3.17. The number of hydroxylamine groups is 2. The summed E-state index contributed by atoms with van der Waals surface area (Å²) in [5, 5.41) is 14.1. The summed E-state index contributed by atoms with van der Waals surface area (Å²) in [4.78, 5) is 24.2. The van der Waals surface area contributed by atoms with Gasteiger partial charge in [-0.2, -0.15) is 5.10 Å². The number of ketones is 1. The van der Waals surface area contributed by atoms with E-state index in [1.807, 2.05) is 55.5 Å². The van der Waals surface area contributed by atoms with Crippen molar-refractivity contribution in [3.05, 3.63) is 65.9 Å². The van der Waals surface area contributed by atoms with Crippen LogP contribution in [0.25, 0.3) is 16.9 Å². The largest absolute Gasteiger partial charge is 0.497 e. The molecule has 1 heterocycles. The summed E-state index contributed by atoms with van der Waals surface area (Å²) in [5.74, 6) is -0.0618. The fourth-order valence-electron chi connectivity index (χ4n) is 2.88. The maximum atomic E-state index is 12.6. The Kier molecular flexibility index (Phi) is 6.09. The van der Waals surface area contributed by atoms with Gasteiger partial charge in [-0.1, -0.05) is 29.8 Å². The summed E-state index contributed by atoms with van der Waals surface area (Å²) in [7, 11) is 2.84. The molecule has 1 amide bonds. The molecule has 0 aliphatic rings. The van der Waals surface area contributed by atoms with Gasteiger partial charge in [0, 0.05) is 25.5 Å². The molecule has 0 bridgehead atoms. The van der Waals surface area contributed by atoms with Crippen LogP contribution in [0.4, 0.5) is 0 Å². The number of hydrogen-bond donors (Lipinski definition) is 1. The zero-order valence-electron chi connectivity index (χ0n) is 16.6. The highest BCUT2D eigenvalue weighted by Gasteiger charge is 2.18. The Morgan fingerprint density at radius 2 is 1.72 bits per heavy atom. The highest BCUT2D eigenvalue weighted by Crippen LogP contribution is 2.26. The third-order valence-corrected chi connectivity index (χ3v) is 4.59. The molecule has 0 aliphatic heterocycles. The first kappa shape index (κ1) is 20.3. The number of rotatable bonds is 7. The minimum absolute atomic E-state index is 0.0311. The lowest BCUT2D eigenvalue weighted by Gasteiger charge is -2.09. The summed E-state index contributed by atoms with van der Waals surface area (Å²) in [6.45, 7) is 2.01. The van der Waals surface area contributed by atoms with Gasteiger partial charge in [-0.15, -0.1) is 0 Å². The quantitative estimate of drug-likeness (QED) is 0.376. The van der Waals surface area contributed by atoms with E-state index in [9.17, 15) is 9.59 Å². The molecule has 150 valence electrons. The normalized spacial score (nSPS) is 10.6. The third-order valence-electron chi connectivity index (χ3n) is 4.59. The molecular formula is C22H23N3O4. The van der Waals surface area contributed by atoms with E-state index in [4.69, 9.17) is 9.94 Å². The summed E-state index contributed by atoms with van der Waals surface area (Å²) < 4.78 is 6.92. The van der Waals surface area contributed by atoms with Crippen LogP contribution in [0, 0.1) is 6.92 Å². The third kappa shape index (κ3) is 4.70. The van der Waals surface area contributed by atoms with E-state index in [1.54, 1.807) is 17.9 Å². The van der Waals surface area contributed by atoms with Crippen LogP contribution >= 0.6 is 0 Å². The lowest BCUT2D eigenvalue weighted by Crippen LogP contribution is -2.23. The van der Waals surface area contributed by atoms with Crippen LogP contribution in [0.2, 0.25) is 0 Å². The maximum absolute atomic E-state index is 12.6. The Morgan fingerprint density at radius 1 is 1.07 bits per heavy atom. The Morgan fingerprint density at radius 3 is 2.31 bits per heavy atom. The van der Waals surface area contributed by atoms with Gasteiger partial charge in [-0.05, 0) is 37.3 Å². The predicted octanol–water partition coefficient (Wildman–Crippen LogP) is 3.67. The van der Waals surface area contributed by atoms with Crippen molar-refractivity contribution in [2.24, 2.45) is 0 Å². The predicted molar refractivity (Wildman–Crippen MR) is 108 cm³/mol. The summed E-state index contributed by atoms with van der Waals surface area (Å²) in [6, 6.07) is 17.1. The molecule has 0 saturated carbocycles. The van der Waals surface area contributed by atoms with Crippen LogP contribution in [0.5, 0.6) is 5.75 Å². The number of hydrogen-bond acceptors (Lipinski definition) is 5. The van der Waals surface area contributed by atoms with Gasteiger partial charge in [0.25, 0.3) is 0 Å². The molecule has 2 aromatic carbocycles. The number of methoxy groups -OCH3 is 1. The van der Waals surface area contributed by atoms with Gasteiger partial charge in [0.2, 0.25) is 5.91 Å². The van der Waals surface area contributed by atoms with Crippen molar-refractivity contribution in [3.8, 4) is 22.7 Å². The Bertz CT molecular complexity index is 1010. The molecule has 1 N–H and O–H groups in total. The van der Waals surface area contributed by atoms with Crippen LogP contribution in [-0.2, 0) is 4.79 Å². The molecule has 0 saturated heterocycles. The van der Waals surface area contributed by atoms with E-state index in [-0.39, 0.29) is 24.3 Å². The van der Waals surface area contributed by atoms with E-state index >= 15 is 0 Å². The minimum atomic E-state index is -0.522. The number of benzene rings is 2. The zero-order valence-corrected chi connectivity index (χ0v) is 16.6. The number of aryl methyl sites for hydroxylation is 1. The number of carbonyl (C=O) groups is 2. The molecule has 0 fully saturated rings.